The molecule has 3 heterocycles. The van der Waals surface area contributed by atoms with Gasteiger partial charge in [-0.1, -0.05) is 18.6 Å². The number of aliphatic imine (C=N–C) groups is 1. The predicted octanol–water partition coefficient (Wildman–Crippen LogP) is 4.19. The third kappa shape index (κ3) is 7.17. The molecule has 0 saturated carbocycles. The largest absolute Gasteiger partial charge is 0.403 e. The van der Waals surface area contributed by atoms with E-state index in [1.165, 1.54) is 17.3 Å². The first-order valence-corrected chi connectivity index (χ1v) is 14.5. The second-order valence-electron chi connectivity index (χ2n) is 11.0. The van der Waals surface area contributed by atoms with Gasteiger partial charge in [-0.25, -0.2) is 14.8 Å². The number of aromatic nitrogens is 2. The number of nitrogens with zero attached hydrogens (tertiary/aromatic N) is 4. The van der Waals surface area contributed by atoms with Crippen LogP contribution in [0.2, 0.25) is 0 Å². The monoisotopic (exact) mass is 547 g/mol. The Hall–Kier alpha value is -3.50. The third-order valence-corrected chi connectivity index (χ3v) is 7.61. The molecular weight excluding hydrogens is 506 g/mol. The molecule has 214 valence electrons. The molecule has 10 heteroatoms. The maximum absolute atomic E-state index is 12.9. The Labute approximate surface area is 236 Å². The van der Waals surface area contributed by atoms with E-state index in [2.05, 4.69) is 38.8 Å². The number of urea groups is 1. The molecule has 1 aromatic heterocycles. The van der Waals surface area contributed by atoms with Crippen molar-refractivity contribution in [3.05, 3.63) is 53.5 Å². The normalized spacial score (nSPS) is 20.7. The van der Waals surface area contributed by atoms with E-state index in [0.717, 1.165) is 63.0 Å². The summed E-state index contributed by atoms with van der Waals surface area (Å²) in [6.07, 6.45) is 11.2. The van der Waals surface area contributed by atoms with Gasteiger partial charge in [-0.2, -0.15) is 0 Å². The fourth-order valence-electron chi connectivity index (χ4n) is 5.45. The lowest BCUT2D eigenvalue weighted by Crippen LogP contribution is -2.58. The molecule has 0 radical (unpaired) electrons. The number of aryl methyl sites for hydroxylation is 1. The number of hydrogen-bond acceptors (Lipinski definition) is 8. The van der Waals surface area contributed by atoms with Gasteiger partial charge in [-0.05, 0) is 69.2 Å². The Bertz CT molecular complexity index is 1220. The van der Waals surface area contributed by atoms with Crippen LogP contribution in [0.5, 0.6) is 0 Å². The van der Waals surface area contributed by atoms with Crippen molar-refractivity contribution in [2.24, 2.45) is 10.7 Å². The summed E-state index contributed by atoms with van der Waals surface area (Å²) in [7, 11) is 0. The maximum Gasteiger partial charge on any atom is 0.318 e. The zero-order valence-electron chi connectivity index (χ0n) is 23.5. The highest BCUT2D eigenvalue weighted by Gasteiger charge is 2.33. The molecule has 5 rings (SSSR count). The molecule has 1 aromatic carbocycles. The average Bonchev–Trinajstić information content (AvgIpc) is 3.14. The van der Waals surface area contributed by atoms with Crippen LogP contribution in [0.1, 0.15) is 63.1 Å². The predicted molar refractivity (Wildman–Crippen MR) is 156 cm³/mol. The number of ether oxygens (including phenoxy) is 2. The van der Waals surface area contributed by atoms with Crippen molar-refractivity contribution in [2.75, 3.05) is 31.6 Å². The number of carbonyl (C=O) groups excluding carboxylic acids is 1. The van der Waals surface area contributed by atoms with Crippen molar-refractivity contribution in [3.63, 3.8) is 0 Å². The average molecular weight is 548 g/mol. The number of nitrogens with one attached hydrogen (secondary N) is 2. The van der Waals surface area contributed by atoms with Crippen molar-refractivity contribution in [3.8, 4) is 11.3 Å². The van der Waals surface area contributed by atoms with Crippen LogP contribution in [0.15, 0.2) is 47.4 Å². The van der Waals surface area contributed by atoms with Crippen LogP contribution in [-0.4, -0.2) is 71.7 Å². The standard InChI is InChI=1S/C30H41N7O3/c1-20(2)40-25-18-37(19-25)30(38)36-28-6-4-3-5-21-15-22(7-8-26(21)28)27-9-12-32-29(35-27)34-24(16-31)17-33-23-10-13-39-14-11-23/h7-9,12,15-17,20,23,25,28H,3-6,10-11,13-14,18-19,31H2,1-2H3,(H,36,38)(H,32,34,35)/b24-16+,33-17?. The van der Waals surface area contributed by atoms with Gasteiger partial charge in [0.25, 0.3) is 0 Å². The van der Waals surface area contributed by atoms with Crippen LogP contribution in [-0.2, 0) is 15.9 Å². The summed E-state index contributed by atoms with van der Waals surface area (Å²) in [4.78, 5) is 28.5. The number of fused-ring (bicyclic) bond motifs is 1. The molecule has 10 nitrogen and oxygen atoms in total. The molecule has 1 atom stereocenters. The van der Waals surface area contributed by atoms with Gasteiger partial charge in [0.1, 0.15) is 0 Å². The van der Waals surface area contributed by atoms with Crippen LogP contribution >= 0.6 is 0 Å². The fraction of sp³-hybridized carbons (Fsp3) is 0.533. The third-order valence-electron chi connectivity index (χ3n) is 7.61. The number of carbonyl (C=O) groups is 1. The van der Waals surface area contributed by atoms with Crippen molar-refractivity contribution >= 4 is 18.2 Å². The topological polar surface area (TPSA) is 127 Å². The highest BCUT2D eigenvalue weighted by atomic mass is 16.5. The van der Waals surface area contributed by atoms with Crippen molar-refractivity contribution < 1.29 is 14.3 Å². The maximum atomic E-state index is 12.9. The first-order chi connectivity index (χ1) is 19.5. The van der Waals surface area contributed by atoms with Crippen LogP contribution in [0, 0.1) is 0 Å². The molecule has 2 amide bonds. The lowest BCUT2D eigenvalue weighted by molar-refractivity contribution is -0.0644. The second-order valence-corrected chi connectivity index (χ2v) is 11.0. The fourth-order valence-corrected chi connectivity index (χ4v) is 5.45. The first-order valence-electron chi connectivity index (χ1n) is 14.5. The first kappa shape index (κ1) is 28.0. The molecule has 1 aliphatic carbocycles. The molecule has 2 fully saturated rings. The Morgan fingerprint density at radius 3 is 2.80 bits per heavy atom. The number of anilines is 1. The van der Waals surface area contributed by atoms with Crippen LogP contribution in [0.4, 0.5) is 10.7 Å². The molecule has 2 aliphatic heterocycles. The second kappa shape index (κ2) is 13.2. The van der Waals surface area contributed by atoms with E-state index in [1.54, 1.807) is 12.4 Å². The zero-order valence-corrected chi connectivity index (χ0v) is 23.5. The quantitative estimate of drug-likeness (QED) is 0.334. The molecule has 40 heavy (non-hydrogen) atoms. The summed E-state index contributed by atoms with van der Waals surface area (Å²) in [5.74, 6) is 0.460. The number of likely N-dealkylation sites (tertiary alicyclic amines) is 1. The molecular formula is C30H41N7O3. The smallest absolute Gasteiger partial charge is 0.318 e. The number of nitrogens with two attached hydrogens (primary N) is 1. The van der Waals surface area contributed by atoms with Crippen molar-refractivity contribution in [2.45, 2.75) is 76.7 Å². The van der Waals surface area contributed by atoms with E-state index in [4.69, 9.17) is 20.2 Å². The number of hydrogen-bond donors (Lipinski definition) is 3. The molecule has 0 bridgehead atoms. The van der Waals surface area contributed by atoms with E-state index in [-0.39, 0.29) is 30.3 Å². The van der Waals surface area contributed by atoms with Crippen LogP contribution < -0.4 is 16.4 Å². The Balaban J connectivity index is 1.25. The number of allylic oxidation sites excluding steroid dienone is 1. The SMILES string of the molecule is CC(C)OC1CN(C(=O)NC2CCCCc3cc(-c4ccnc(N/C(C=NC5CCOCC5)=C/N)n4)ccc32)C1. The Morgan fingerprint density at radius 1 is 1.20 bits per heavy atom. The lowest BCUT2D eigenvalue weighted by atomic mass is 9.95. The summed E-state index contributed by atoms with van der Waals surface area (Å²) in [6, 6.07) is 8.56. The molecule has 0 spiro atoms. The van der Waals surface area contributed by atoms with Crippen LogP contribution in [0.3, 0.4) is 0 Å². The van der Waals surface area contributed by atoms with Gasteiger partial charge >= 0.3 is 6.03 Å². The van der Waals surface area contributed by atoms with E-state index in [1.807, 2.05) is 24.8 Å². The molecule has 3 aliphatic rings. The summed E-state index contributed by atoms with van der Waals surface area (Å²) >= 11 is 0. The Morgan fingerprint density at radius 2 is 2.02 bits per heavy atom. The minimum atomic E-state index is -0.0128. The van der Waals surface area contributed by atoms with Gasteiger partial charge in [0.15, 0.2) is 0 Å². The van der Waals surface area contributed by atoms with E-state index < -0.39 is 0 Å². The summed E-state index contributed by atoms with van der Waals surface area (Å²) in [6.45, 7) is 6.82. The highest BCUT2D eigenvalue weighted by Crippen LogP contribution is 2.32. The minimum absolute atomic E-state index is 0.000919. The Kier molecular flexibility index (Phi) is 9.28. The summed E-state index contributed by atoms with van der Waals surface area (Å²) in [5, 5.41) is 6.47. The van der Waals surface area contributed by atoms with E-state index >= 15 is 0 Å². The minimum Gasteiger partial charge on any atom is -0.403 e. The van der Waals surface area contributed by atoms with Gasteiger partial charge in [0.05, 0.1) is 48.8 Å². The molecule has 2 saturated heterocycles. The van der Waals surface area contributed by atoms with Crippen molar-refractivity contribution in [1.82, 2.24) is 20.2 Å². The van der Waals surface area contributed by atoms with E-state index in [9.17, 15) is 4.79 Å². The van der Waals surface area contributed by atoms with Gasteiger partial charge in [-0.3, -0.25) is 4.99 Å². The summed E-state index contributed by atoms with van der Waals surface area (Å²) < 4.78 is 11.2. The van der Waals surface area contributed by atoms with E-state index in [0.29, 0.717) is 24.7 Å². The molecule has 1 unspecified atom stereocenters. The van der Waals surface area contributed by atoms with Gasteiger partial charge < -0.3 is 30.7 Å². The highest BCUT2D eigenvalue weighted by molar-refractivity contribution is 5.82. The summed E-state index contributed by atoms with van der Waals surface area (Å²) in [5.41, 5.74) is 10.8. The van der Waals surface area contributed by atoms with Crippen molar-refractivity contribution in [1.29, 1.82) is 0 Å². The molecule has 2 aromatic rings. The lowest BCUT2D eigenvalue weighted by Gasteiger charge is -2.40. The number of amides is 2. The number of benzene rings is 1. The van der Waals surface area contributed by atoms with Gasteiger partial charge in [0, 0.05) is 37.4 Å². The number of rotatable bonds is 8. The van der Waals surface area contributed by atoms with Gasteiger partial charge in [0.2, 0.25) is 5.95 Å². The zero-order chi connectivity index (χ0) is 27.9. The molecule has 4 N–H and O–H groups in total. The van der Waals surface area contributed by atoms with Gasteiger partial charge in [-0.15, -0.1) is 0 Å². The van der Waals surface area contributed by atoms with Crippen LogP contribution in [0.25, 0.3) is 11.3 Å².